The van der Waals surface area contributed by atoms with Crippen LogP contribution in [-0.4, -0.2) is 75.5 Å². The van der Waals surface area contributed by atoms with Crippen LogP contribution in [0.1, 0.15) is 151 Å². The van der Waals surface area contributed by atoms with Crippen LogP contribution in [0.15, 0.2) is 11.6 Å². The number of aliphatic carboxylic acids is 1. The first kappa shape index (κ1) is 37.2. The number of rotatable bonds is 1. The van der Waals surface area contributed by atoms with Crippen molar-refractivity contribution < 1.29 is 24.6 Å². The molecule has 0 unspecified atom stereocenters. The van der Waals surface area contributed by atoms with Crippen molar-refractivity contribution in [2.75, 3.05) is 19.6 Å². The molecule has 0 bridgehead atoms. The zero-order valence-corrected chi connectivity index (χ0v) is 33.6. The van der Waals surface area contributed by atoms with Gasteiger partial charge in [0, 0.05) is 31.0 Å². The van der Waals surface area contributed by atoms with Gasteiger partial charge in [-0.1, -0.05) is 47.1 Å². The van der Waals surface area contributed by atoms with Gasteiger partial charge in [0.25, 0.3) is 0 Å². The van der Waals surface area contributed by atoms with E-state index in [0.717, 1.165) is 88.6 Å². The number of nitrogens with zero attached hydrogens (tertiary/aromatic N) is 2. The second-order valence-electron chi connectivity index (χ2n) is 21.7. The fraction of sp³-hybridized carbons (Fsp3) is 0.889. The van der Waals surface area contributed by atoms with E-state index in [0.29, 0.717) is 24.3 Å². The first-order chi connectivity index (χ1) is 24.4. The molecule has 8 fully saturated rings. The summed E-state index contributed by atoms with van der Waals surface area (Å²) in [5.74, 6) is 2.09. The quantitative estimate of drug-likeness (QED) is 0.283. The Morgan fingerprint density at radius 1 is 0.827 bits per heavy atom. The van der Waals surface area contributed by atoms with Crippen molar-refractivity contribution >= 4 is 17.7 Å². The number of carboxylic acid groups (broad SMARTS) is 1. The number of hydrogen-bond acceptors (Lipinski definition) is 5. The molecule has 7 heteroatoms. The molecule has 2 N–H and O–H groups in total. The van der Waals surface area contributed by atoms with Crippen molar-refractivity contribution in [2.45, 2.75) is 169 Å². The molecule has 4 saturated carbocycles. The van der Waals surface area contributed by atoms with Gasteiger partial charge in [0.05, 0.1) is 11.5 Å². The molecule has 13 atom stereocenters. The lowest BCUT2D eigenvalue weighted by molar-refractivity contribution is -0.202. The third-order valence-electron chi connectivity index (χ3n) is 19.0. The summed E-state index contributed by atoms with van der Waals surface area (Å²) in [6.07, 6.45) is 18.6. The minimum Gasteiger partial charge on any atom is -0.481 e. The molecule has 9 aliphatic rings. The lowest BCUT2D eigenvalue weighted by Crippen LogP contribution is -2.66. The summed E-state index contributed by atoms with van der Waals surface area (Å²) in [7, 11) is 0. The van der Waals surface area contributed by atoms with Gasteiger partial charge in [-0.05, 0) is 173 Å². The summed E-state index contributed by atoms with van der Waals surface area (Å²) in [6, 6.07) is 1.41. The topological polar surface area (TPSA) is 98.1 Å². The van der Waals surface area contributed by atoms with E-state index in [-0.39, 0.29) is 50.8 Å². The molecule has 0 radical (unpaired) electrons. The standard InChI is InChI=1S/C30H46O4.C15H24N2O/c1-25(2)21-8-11-30(7)23(28(21,5)10-9-22(25)32)20(31)16-18-19-17-27(4,24(33)34)13-12-26(19,3)14-15-29(18,30)6;18-14-7-1-6-13-12-5-3-9-16-8-2-4-11(15(12)16)10-17(13)14/h16,19,21-23,32H,8-15,17H2,1-7H3,(H,33,34);11-13,15H,1-10H2/t19-,21-,22-,23+,26+,27-,28-,29+,30+;11-,12+,13+,15-/m00/s1. The van der Waals surface area contributed by atoms with Gasteiger partial charge in [-0.3, -0.25) is 19.3 Å². The van der Waals surface area contributed by atoms with Gasteiger partial charge in [-0.25, -0.2) is 0 Å². The molecule has 4 saturated heterocycles. The Morgan fingerprint density at radius 3 is 2.27 bits per heavy atom. The summed E-state index contributed by atoms with van der Waals surface area (Å²) in [6.45, 7) is 19.5. The predicted molar refractivity (Wildman–Crippen MR) is 203 cm³/mol. The van der Waals surface area contributed by atoms with Crippen molar-refractivity contribution in [3.63, 3.8) is 0 Å². The van der Waals surface area contributed by atoms with Crippen LogP contribution in [0.4, 0.5) is 0 Å². The molecular weight excluding hydrogens is 649 g/mol. The highest BCUT2D eigenvalue weighted by atomic mass is 16.4. The van der Waals surface area contributed by atoms with Crippen molar-refractivity contribution in [1.82, 2.24) is 9.80 Å². The van der Waals surface area contributed by atoms with Crippen LogP contribution in [0, 0.1) is 62.1 Å². The van der Waals surface area contributed by atoms with Crippen molar-refractivity contribution in [1.29, 1.82) is 0 Å². The van der Waals surface area contributed by atoms with Crippen molar-refractivity contribution in [3.05, 3.63) is 11.6 Å². The van der Waals surface area contributed by atoms with Crippen molar-refractivity contribution in [2.24, 2.45) is 62.1 Å². The molecule has 52 heavy (non-hydrogen) atoms. The molecule has 0 aromatic rings. The van der Waals surface area contributed by atoms with E-state index in [1.54, 1.807) is 0 Å². The number of amides is 1. The van der Waals surface area contributed by atoms with Crippen LogP contribution in [-0.2, 0) is 14.4 Å². The maximum atomic E-state index is 14.2. The van der Waals surface area contributed by atoms with Crippen LogP contribution in [0.5, 0.6) is 0 Å². The molecule has 4 aliphatic heterocycles. The number of piperidine rings is 4. The molecule has 5 aliphatic carbocycles. The zero-order chi connectivity index (χ0) is 37.2. The van der Waals surface area contributed by atoms with Gasteiger partial charge >= 0.3 is 5.97 Å². The normalized spacial score (nSPS) is 50.8. The number of carboxylic acids is 1. The van der Waals surface area contributed by atoms with Gasteiger partial charge < -0.3 is 15.1 Å². The van der Waals surface area contributed by atoms with Gasteiger partial charge in [0.1, 0.15) is 0 Å². The van der Waals surface area contributed by atoms with E-state index in [4.69, 9.17) is 0 Å². The van der Waals surface area contributed by atoms with Gasteiger partial charge in [-0.2, -0.15) is 0 Å². The molecule has 7 nitrogen and oxygen atoms in total. The average molecular weight is 719 g/mol. The fourth-order valence-corrected chi connectivity index (χ4v) is 15.6. The predicted octanol–water partition coefficient (Wildman–Crippen LogP) is 8.28. The Kier molecular flexibility index (Phi) is 8.86. The Bertz CT molecular complexity index is 1520. The van der Waals surface area contributed by atoms with Crippen molar-refractivity contribution in [3.8, 4) is 0 Å². The number of fused-ring (bicyclic) bond motifs is 9. The number of aliphatic hydroxyl groups excluding tert-OH is 1. The van der Waals surface area contributed by atoms with E-state index in [9.17, 15) is 24.6 Å². The average Bonchev–Trinajstić information content (AvgIpc) is 3.09. The van der Waals surface area contributed by atoms with Gasteiger partial charge in [0.15, 0.2) is 5.78 Å². The first-order valence-electron chi connectivity index (χ1n) is 21.6. The molecular formula is C45H70N2O5. The molecule has 290 valence electrons. The van der Waals surface area contributed by atoms with Crippen LogP contribution in [0.2, 0.25) is 0 Å². The number of carbonyl (C=O) groups excluding carboxylic acids is 2. The largest absolute Gasteiger partial charge is 0.481 e. The lowest BCUT2D eigenvalue weighted by atomic mass is 9.33. The van der Waals surface area contributed by atoms with Crippen LogP contribution < -0.4 is 0 Å². The minimum atomic E-state index is -0.711. The highest BCUT2D eigenvalue weighted by Crippen LogP contribution is 2.75. The second-order valence-corrected chi connectivity index (χ2v) is 21.7. The van der Waals surface area contributed by atoms with Crippen LogP contribution >= 0.6 is 0 Å². The Morgan fingerprint density at radius 2 is 1.54 bits per heavy atom. The first-order valence-corrected chi connectivity index (χ1v) is 21.6. The van der Waals surface area contributed by atoms with Crippen LogP contribution in [0.25, 0.3) is 0 Å². The smallest absolute Gasteiger partial charge is 0.309 e. The van der Waals surface area contributed by atoms with Crippen LogP contribution in [0.3, 0.4) is 0 Å². The number of hydrogen-bond donors (Lipinski definition) is 2. The second kappa shape index (κ2) is 12.4. The van der Waals surface area contributed by atoms with E-state index in [1.807, 2.05) is 13.0 Å². The number of allylic oxidation sites excluding steroid dienone is 2. The molecule has 1 amide bonds. The Balaban J connectivity index is 0.000000179. The van der Waals surface area contributed by atoms with E-state index in [1.165, 1.54) is 50.8 Å². The highest BCUT2D eigenvalue weighted by Gasteiger charge is 2.70. The summed E-state index contributed by atoms with van der Waals surface area (Å²) in [5.41, 5.74) is 0.142. The van der Waals surface area contributed by atoms with Gasteiger partial charge in [-0.15, -0.1) is 0 Å². The summed E-state index contributed by atoms with van der Waals surface area (Å²) < 4.78 is 0. The van der Waals surface area contributed by atoms with Gasteiger partial charge in [0.2, 0.25) is 5.91 Å². The number of aliphatic hydroxyl groups is 1. The van der Waals surface area contributed by atoms with E-state index in [2.05, 4.69) is 51.3 Å². The maximum Gasteiger partial charge on any atom is 0.309 e. The SMILES string of the molecule is CC1(C)[C@@H](O)CC[C@]2(C)[C@H]3C(=O)C=C4[C@@H]5C[C@@](C)(C(=O)O)CC[C@]5(C)CC[C@@]4(C)[C@]3(C)CC[C@@H]12.O=C1CCC[C@@H]2[C@H]3CCCN4CCC[C@@H](CN12)[C@@H]34. The monoisotopic (exact) mass is 719 g/mol. The summed E-state index contributed by atoms with van der Waals surface area (Å²) in [4.78, 5) is 43.7. The maximum absolute atomic E-state index is 14.2. The fourth-order valence-electron chi connectivity index (χ4n) is 15.6. The third kappa shape index (κ3) is 5.18. The molecule has 0 aromatic heterocycles. The molecule has 0 spiro atoms. The highest BCUT2D eigenvalue weighted by molar-refractivity contribution is 5.95. The summed E-state index contributed by atoms with van der Waals surface area (Å²) >= 11 is 0. The number of ketones is 1. The summed E-state index contributed by atoms with van der Waals surface area (Å²) in [5, 5.41) is 20.9. The zero-order valence-electron chi connectivity index (χ0n) is 33.6. The van der Waals surface area contributed by atoms with E-state index < -0.39 is 11.4 Å². The lowest BCUT2D eigenvalue weighted by Gasteiger charge is -2.70. The Labute approximate surface area is 314 Å². The third-order valence-corrected chi connectivity index (χ3v) is 19.0. The minimum absolute atomic E-state index is 0.0296. The molecule has 9 rings (SSSR count). The van der Waals surface area contributed by atoms with E-state index >= 15 is 0 Å². The Hall–Kier alpha value is -1.73. The number of carbonyl (C=O) groups is 3. The molecule has 0 aromatic carbocycles. The molecule has 4 heterocycles.